The number of aryl methyl sites for hydroxylation is 2. The van der Waals surface area contributed by atoms with Gasteiger partial charge < -0.3 is 10.1 Å². The normalized spacial score (nSPS) is 17.3. The van der Waals surface area contributed by atoms with Crippen molar-refractivity contribution in [3.8, 4) is 0 Å². The summed E-state index contributed by atoms with van der Waals surface area (Å²) in [6.07, 6.45) is 2.70. The molecule has 1 saturated heterocycles. The first-order valence-corrected chi connectivity index (χ1v) is 6.21. The van der Waals surface area contributed by atoms with E-state index in [-0.39, 0.29) is 5.91 Å². The fourth-order valence-electron chi connectivity index (χ4n) is 2.18. The van der Waals surface area contributed by atoms with Crippen molar-refractivity contribution in [2.45, 2.75) is 32.9 Å². The minimum atomic E-state index is -0.138. The number of hydrogen-bond donors (Lipinski definition) is 1. The zero-order chi connectivity index (χ0) is 13.1. The summed E-state index contributed by atoms with van der Waals surface area (Å²) in [6, 6.07) is 4.27. The largest absolute Gasteiger partial charge is 0.373 e. The second-order valence-electron chi connectivity index (χ2n) is 4.79. The van der Waals surface area contributed by atoms with Crippen molar-refractivity contribution >= 4 is 5.91 Å². The van der Waals surface area contributed by atoms with Gasteiger partial charge in [-0.05, 0) is 42.2 Å². The van der Waals surface area contributed by atoms with Crippen molar-refractivity contribution in [2.24, 2.45) is 0 Å². The van der Waals surface area contributed by atoms with Crippen LogP contribution in [-0.2, 0) is 22.5 Å². The molecule has 0 radical (unpaired) electrons. The van der Waals surface area contributed by atoms with Crippen molar-refractivity contribution in [1.82, 2.24) is 5.32 Å². The quantitative estimate of drug-likeness (QED) is 0.637. The Kier molecular flexibility index (Phi) is 3.82. The molecule has 3 heteroatoms. The van der Waals surface area contributed by atoms with Gasteiger partial charge in [0.25, 0.3) is 0 Å². The van der Waals surface area contributed by atoms with Crippen LogP contribution in [0.1, 0.15) is 22.3 Å². The molecule has 0 aromatic heterocycles. The van der Waals surface area contributed by atoms with Gasteiger partial charge in [0.15, 0.2) is 0 Å². The topological polar surface area (TPSA) is 41.6 Å². The van der Waals surface area contributed by atoms with Crippen LogP contribution in [0.15, 0.2) is 24.8 Å². The second kappa shape index (κ2) is 5.36. The number of ether oxygens (including phenoxy) is 1. The van der Waals surface area contributed by atoms with Crippen LogP contribution in [0.3, 0.4) is 0 Å². The Labute approximate surface area is 108 Å². The Bertz CT molecular complexity index is 452. The van der Waals surface area contributed by atoms with Gasteiger partial charge in [0.2, 0.25) is 5.91 Å². The van der Waals surface area contributed by atoms with E-state index in [9.17, 15) is 4.79 Å². The third-order valence-corrected chi connectivity index (χ3v) is 3.24. The highest BCUT2D eigenvalue weighted by atomic mass is 16.6. The van der Waals surface area contributed by atoms with E-state index in [0.717, 1.165) is 18.6 Å². The highest BCUT2D eigenvalue weighted by Gasteiger charge is 2.24. The lowest BCUT2D eigenvalue weighted by Gasteiger charge is -2.12. The monoisotopic (exact) mass is 245 g/mol. The first-order valence-electron chi connectivity index (χ1n) is 6.21. The van der Waals surface area contributed by atoms with Gasteiger partial charge in [-0.25, -0.2) is 0 Å². The van der Waals surface area contributed by atoms with Crippen LogP contribution in [-0.4, -0.2) is 18.6 Å². The molecule has 1 aromatic rings. The van der Waals surface area contributed by atoms with Gasteiger partial charge in [-0.3, -0.25) is 4.79 Å². The number of carbonyl (C=O) groups excluding carboxylic acids is 1. The maximum absolute atomic E-state index is 11.1. The Morgan fingerprint density at radius 1 is 1.50 bits per heavy atom. The predicted octanol–water partition coefficient (Wildman–Crippen LogP) is 2.05. The summed E-state index contributed by atoms with van der Waals surface area (Å²) in [6.45, 7) is 9.10. The van der Waals surface area contributed by atoms with E-state index < -0.39 is 0 Å². The van der Waals surface area contributed by atoms with E-state index in [1.54, 1.807) is 0 Å². The molecule has 1 N–H and O–H groups in total. The Morgan fingerprint density at radius 2 is 2.11 bits per heavy atom. The average Bonchev–Trinajstić information content (AvgIpc) is 3.14. The Hall–Kier alpha value is -1.61. The molecule has 0 aliphatic carbocycles. The van der Waals surface area contributed by atoms with E-state index in [1.165, 1.54) is 22.8 Å². The van der Waals surface area contributed by atoms with Crippen LogP contribution >= 0.6 is 0 Å². The summed E-state index contributed by atoms with van der Waals surface area (Å²) >= 11 is 0. The lowest BCUT2D eigenvalue weighted by Crippen LogP contribution is -2.20. The number of nitrogens with one attached hydrogen (secondary N) is 1. The zero-order valence-electron chi connectivity index (χ0n) is 11.0. The Balaban J connectivity index is 2.08. The van der Waals surface area contributed by atoms with Crippen molar-refractivity contribution in [3.63, 3.8) is 0 Å². The molecular weight excluding hydrogens is 226 g/mol. The summed E-state index contributed by atoms with van der Waals surface area (Å²) in [5.41, 5.74) is 5.04. The Morgan fingerprint density at radius 3 is 2.61 bits per heavy atom. The smallest absolute Gasteiger partial charge is 0.243 e. The molecule has 0 spiro atoms. The SMILES string of the molecule is C=CC(=O)NCc1cc(C)c(CC2CO2)c(C)c1. The second-order valence-corrected chi connectivity index (χ2v) is 4.79. The molecule has 1 aliphatic rings. The van der Waals surface area contributed by atoms with E-state index >= 15 is 0 Å². The number of epoxide rings is 1. The summed E-state index contributed by atoms with van der Waals surface area (Å²) in [5, 5.41) is 2.79. The summed E-state index contributed by atoms with van der Waals surface area (Å²) in [4.78, 5) is 11.1. The van der Waals surface area contributed by atoms with Crippen LogP contribution in [0.25, 0.3) is 0 Å². The van der Waals surface area contributed by atoms with E-state index in [1.807, 2.05) is 0 Å². The minimum Gasteiger partial charge on any atom is -0.373 e. The molecule has 0 bridgehead atoms. The van der Waals surface area contributed by atoms with E-state index in [2.05, 4.69) is 37.9 Å². The molecule has 1 aliphatic heterocycles. The molecular formula is C15H19NO2. The first-order chi connectivity index (χ1) is 8.60. The van der Waals surface area contributed by atoms with Gasteiger partial charge in [0.05, 0.1) is 12.7 Å². The number of amides is 1. The van der Waals surface area contributed by atoms with Crippen molar-refractivity contribution in [1.29, 1.82) is 0 Å². The van der Waals surface area contributed by atoms with Crippen LogP contribution in [0.2, 0.25) is 0 Å². The molecule has 1 fully saturated rings. The van der Waals surface area contributed by atoms with E-state index in [4.69, 9.17) is 4.74 Å². The molecule has 1 atom stereocenters. The van der Waals surface area contributed by atoms with Gasteiger partial charge in [0, 0.05) is 13.0 Å². The zero-order valence-corrected chi connectivity index (χ0v) is 11.0. The maximum atomic E-state index is 11.1. The van der Waals surface area contributed by atoms with E-state index in [0.29, 0.717) is 12.6 Å². The van der Waals surface area contributed by atoms with Gasteiger partial charge in [-0.2, -0.15) is 0 Å². The summed E-state index contributed by atoms with van der Waals surface area (Å²) < 4.78 is 5.28. The number of rotatable bonds is 5. The van der Waals surface area contributed by atoms with Crippen LogP contribution in [0, 0.1) is 13.8 Å². The van der Waals surface area contributed by atoms with Crippen molar-refractivity contribution in [2.75, 3.05) is 6.61 Å². The fraction of sp³-hybridized carbons (Fsp3) is 0.400. The number of hydrogen-bond acceptors (Lipinski definition) is 2. The molecule has 2 rings (SSSR count). The highest BCUT2D eigenvalue weighted by molar-refractivity contribution is 5.86. The predicted molar refractivity (Wildman–Crippen MR) is 71.4 cm³/mol. The molecule has 1 amide bonds. The van der Waals surface area contributed by atoms with Gasteiger partial charge >= 0.3 is 0 Å². The third-order valence-electron chi connectivity index (χ3n) is 3.24. The van der Waals surface area contributed by atoms with Gasteiger partial charge in [-0.1, -0.05) is 18.7 Å². The van der Waals surface area contributed by atoms with Gasteiger partial charge in [-0.15, -0.1) is 0 Å². The van der Waals surface area contributed by atoms with Gasteiger partial charge in [0.1, 0.15) is 0 Å². The molecule has 18 heavy (non-hydrogen) atoms. The lowest BCUT2D eigenvalue weighted by molar-refractivity contribution is -0.116. The lowest BCUT2D eigenvalue weighted by atomic mass is 9.96. The summed E-state index contributed by atoms with van der Waals surface area (Å²) in [5.74, 6) is -0.138. The van der Waals surface area contributed by atoms with Crippen LogP contribution < -0.4 is 5.32 Å². The minimum absolute atomic E-state index is 0.138. The number of carbonyl (C=O) groups is 1. The molecule has 1 unspecified atom stereocenters. The molecule has 0 saturated carbocycles. The van der Waals surface area contributed by atoms with Crippen LogP contribution in [0.5, 0.6) is 0 Å². The number of benzene rings is 1. The maximum Gasteiger partial charge on any atom is 0.243 e. The molecule has 3 nitrogen and oxygen atoms in total. The van der Waals surface area contributed by atoms with Crippen molar-refractivity contribution in [3.05, 3.63) is 47.0 Å². The first kappa shape index (κ1) is 12.8. The van der Waals surface area contributed by atoms with Crippen molar-refractivity contribution < 1.29 is 9.53 Å². The van der Waals surface area contributed by atoms with Crippen LogP contribution in [0.4, 0.5) is 0 Å². The molecule has 96 valence electrons. The third kappa shape index (κ3) is 3.20. The highest BCUT2D eigenvalue weighted by Crippen LogP contribution is 2.23. The fourth-order valence-corrected chi connectivity index (χ4v) is 2.18. The molecule has 1 aromatic carbocycles. The molecule has 1 heterocycles. The standard InChI is InChI=1S/C15H19NO2/c1-4-15(17)16-8-12-5-10(2)14(11(3)6-12)7-13-9-18-13/h4-6,13H,1,7-9H2,2-3H3,(H,16,17). The summed E-state index contributed by atoms with van der Waals surface area (Å²) in [7, 11) is 0. The average molecular weight is 245 g/mol.